The molecule has 3 aromatic rings. The number of morpholine rings is 1. The van der Waals surface area contributed by atoms with Crippen LogP contribution in [0.1, 0.15) is 32.9 Å². The molecular formula is C26H31FN6O4. The largest absolute Gasteiger partial charge is 0.378 e. The Kier molecular flexibility index (Phi) is 7.18. The van der Waals surface area contributed by atoms with Crippen LogP contribution in [-0.4, -0.2) is 76.3 Å². The van der Waals surface area contributed by atoms with Crippen molar-refractivity contribution in [1.29, 1.82) is 0 Å². The second kappa shape index (κ2) is 10.5. The number of halogens is 1. The van der Waals surface area contributed by atoms with E-state index in [4.69, 9.17) is 19.2 Å². The Hall–Kier alpha value is -3.41. The summed E-state index contributed by atoms with van der Waals surface area (Å²) in [7, 11) is 0. The normalized spacial score (nSPS) is 22.3. The zero-order valence-electron chi connectivity index (χ0n) is 21.2. The number of anilines is 1. The number of aromatic amines is 1. The van der Waals surface area contributed by atoms with Crippen molar-refractivity contribution in [2.45, 2.75) is 33.1 Å². The minimum absolute atomic E-state index is 0.00690. The molecule has 5 rings (SSSR count). The summed E-state index contributed by atoms with van der Waals surface area (Å²) in [4.78, 5) is 31.9. The lowest BCUT2D eigenvalue weighted by molar-refractivity contribution is -0.235. The molecule has 0 unspecified atom stereocenters. The van der Waals surface area contributed by atoms with Gasteiger partial charge >= 0.3 is 0 Å². The first kappa shape index (κ1) is 25.2. The first-order valence-corrected chi connectivity index (χ1v) is 12.4. The molecule has 2 aliphatic rings. The number of rotatable bonds is 6. The minimum atomic E-state index is -0.798. The van der Waals surface area contributed by atoms with E-state index >= 15 is 0 Å². The summed E-state index contributed by atoms with van der Waals surface area (Å²) >= 11 is 0. The molecule has 1 aromatic carbocycles. The minimum Gasteiger partial charge on any atom is -0.378 e. The Labute approximate surface area is 214 Å². The lowest BCUT2D eigenvalue weighted by atomic mass is 9.90. The highest BCUT2D eigenvalue weighted by atomic mass is 19.1. The molecule has 2 fully saturated rings. The van der Waals surface area contributed by atoms with Crippen molar-refractivity contribution in [2.75, 3.05) is 44.8 Å². The van der Waals surface area contributed by atoms with Gasteiger partial charge in [-0.05, 0) is 51.1 Å². The van der Waals surface area contributed by atoms with Gasteiger partial charge in [-0.15, -0.1) is 0 Å². The van der Waals surface area contributed by atoms with Gasteiger partial charge in [-0.1, -0.05) is 0 Å². The van der Waals surface area contributed by atoms with E-state index in [0.717, 1.165) is 0 Å². The van der Waals surface area contributed by atoms with E-state index in [1.165, 1.54) is 12.1 Å². The summed E-state index contributed by atoms with van der Waals surface area (Å²) in [6.45, 7) is 8.42. The molecule has 2 aromatic heterocycles. The van der Waals surface area contributed by atoms with Gasteiger partial charge in [0.05, 0.1) is 48.9 Å². The van der Waals surface area contributed by atoms with Crippen molar-refractivity contribution < 1.29 is 23.4 Å². The van der Waals surface area contributed by atoms with Crippen molar-refractivity contribution in [1.82, 2.24) is 24.8 Å². The van der Waals surface area contributed by atoms with E-state index in [0.29, 0.717) is 60.7 Å². The Morgan fingerprint density at radius 1 is 1.14 bits per heavy atom. The summed E-state index contributed by atoms with van der Waals surface area (Å²) in [5, 5.41) is 3.20. The van der Waals surface area contributed by atoms with Crippen LogP contribution in [0, 0.1) is 11.2 Å². The van der Waals surface area contributed by atoms with Gasteiger partial charge in [0.25, 0.3) is 0 Å². The maximum Gasteiger partial charge on any atom is 0.233 e. The molecule has 1 amide bonds. The van der Waals surface area contributed by atoms with Gasteiger partial charge in [0.1, 0.15) is 5.82 Å². The summed E-state index contributed by atoms with van der Waals surface area (Å²) in [6, 6.07) is 8.02. The number of H-pyrrole nitrogens is 1. The van der Waals surface area contributed by atoms with E-state index in [-0.39, 0.29) is 31.0 Å². The number of ether oxygens (including phenoxy) is 3. The van der Waals surface area contributed by atoms with Crippen molar-refractivity contribution in [3.05, 3.63) is 48.2 Å². The summed E-state index contributed by atoms with van der Waals surface area (Å²) in [5.74, 6) is 0.575. The standard InChI is InChI=1S/C26H31FN6O4/c1-16(2)29-25-28-9-8-19(30-25)21-20(17-4-6-18(27)7-5-17)31-22(32-21)23-36-14-26(3,15-37-23)24(34)33-10-12-35-13-11-33/h4-9,16,23H,10-15H2,1-3H3,(H,31,32)(H,28,29,30). The highest BCUT2D eigenvalue weighted by Gasteiger charge is 2.43. The fourth-order valence-electron chi connectivity index (χ4n) is 4.37. The predicted octanol–water partition coefficient (Wildman–Crippen LogP) is 3.40. The number of hydrogen-bond donors (Lipinski definition) is 2. The molecule has 0 aliphatic carbocycles. The van der Waals surface area contributed by atoms with Crippen LogP contribution < -0.4 is 5.32 Å². The van der Waals surface area contributed by atoms with Crippen LogP contribution in [0.2, 0.25) is 0 Å². The van der Waals surface area contributed by atoms with Crippen LogP contribution in [0.25, 0.3) is 22.6 Å². The van der Waals surface area contributed by atoms with Crippen molar-refractivity contribution in [3.8, 4) is 22.6 Å². The third-order valence-corrected chi connectivity index (χ3v) is 6.31. The van der Waals surface area contributed by atoms with Crippen LogP contribution in [0.3, 0.4) is 0 Å². The zero-order valence-corrected chi connectivity index (χ0v) is 21.2. The van der Waals surface area contributed by atoms with Crippen LogP contribution >= 0.6 is 0 Å². The average Bonchev–Trinajstić information content (AvgIpc) is 3.35. The van der Waals surface area contributed by atoms with E-state index in [9.17, 15) is 9.18 Å². The molecule has 196 valence electrons. The number of benzene rings is 1. The Balaban J connectivity index is 1.41. The molecule has 2 aliphatic heterocycles. The summed E-state index contributed by atoms with van der Waals surface area (Å²) in [6.07, 6.45) is 0.867. The number of amides is 1. The first-order chi connectivity index (χ1) is 17.8. The van der Waals surface area contributed by atoms with Gasteiger partial charge < -0.3 is 29.4 Å². The molecule has 0 spiro atoms. The Morgan fingerprint density at radius 2 is 1.84 bits per heavy atom. The second-order valence-electron chi connectivity index (χ2n) is 9.84. The highest BCUT2D eigenvalue weighted by Crippen LogP contribution is 2.36. The van der Waals surface area contributed by atoms with E-state index in [2.05, 4.69) is 20.3 Å². The van der Waals surface area contributed by atoms with E-state index < -0.39 is 11.7 Å². The van der Waals surface area contributed by atoms with Crippen LogP contribution in [0.4, 0.5) is 10.3 Å². The highest BCUT2D eigenvalue weighted by molar-refractivity contribution is 5.83. The lowest BCUT2D eigenvalue weighted by Crippen LogP contribution is -2.53. The van der Waals surface area contributed by atoms with Crippen LogP contribution in [0.5, 0.6) is 0 Å². The fourth-order valence-corrected chi connectivity index (χ4v) is 4.37. The smallest absolute Gasteiger partial charge is 0.233 e. The van der Waals surface area contributed by atoms with Crippen molar-refractivity contribution in [3.63, 3.8) is 0 Å². The lowest BCUT2D eigenvalue weighted by Gasteiger charge is -2.39. The molecule has 0 saturated carbocycles. The molecule has 37 heavy (non-hydrogen) atoms. The van der Waals surface area contributed by atoms with Gasteiger partial charge in [-0.3, -0.25) is 4.79 Å². The van der Waals surface area contributed by atoms with Gasteiger partial charge in [0, 0.05) is 30.9 Å². The Morgan fingerprint density at radius 3 is 2.51 bits per heavy atom. The van der Waals surface area contributed by atoms with E-state index in [1.807, 2.05) is 20.8 Å². The monoisotopic (exact) mass is 510 g/mol. The van der Waals surface area contributed by atoms with Crippen LogP contribution in [0.15, 0.2) is 36.5 Å². The molecule has 2 saturated heterocycles. The van der Waals surface area contributed by atoms with Gasteiger partial charge in [0.2, 0.25) is 18.1 Å². The number of hydrogen-bond acceptors (Lipinski definition) is 8. The molecule has 11 heteroatoms. The van der Waals surface area contributed by atoms with Gasteiger partial charge in [-0.25, -0.2) is 19.3 Å². The summed E-state index contributed by atoms with van der Waals surface area (Å²) < 4.78 is 31.0. The number of nitrogens with zero attached hydrogens (tertiary/aromatic N) is 4. The molecule has 4 heterocycles. The fraction of sp³-hybridized carbons (Fsp3) is 0.462. The zero-order chi connectivity index (χ0) is 26.0. The quantitative estimate of drug-likeness (QED) is 0.519. The molecule has 0 radical (unpaired) electrons. The second-order valence-corrected chi connectivity index (χ2v) is 9.84. The third-order valence-electron chi connectivity index (χ3n) is 6.31. The number of aromatic nitrogens is 4. The third kappa shape index (κ3) is 5.48. The molecule has 2 N–H and O–H groups in total. The van der Waals surface area contributed by atoms with Gasteiger partial charge in [0.15, 0.2) is 5.82 Å². The maximum absolute atomic E-state index is 13.6. The first-order valence-electron chi connectivity index (χ1n) is 12.4. The molecule has 10 nitrogen and oxygen atoms in total. The maximum atomic E-state index is 13.6. The SMILES string of the molecule is CC(C)Nc1nccc(-c2[nH]c(C3OCC(C)(C(=O)N4CCOCC4)CO3)nc2-c2ccc(F)cc2)n1. The van der Waals surface area contributed by atoms with Gasteiger partial charge in [-0.2, -0.15) is 0 Å². The van der Waals surface area contributed by atoms with Crippen molar-refractivity contribution >= 4 is 11.9 Å². The Bertz CT molecular complexity index is 1230. The molecule has 0 bridgehead atoms. The number of nitrogens with one attached hydrogen (secondary N) is 2. The predicted molar refractivity (Wildman–Crippen MR) is 134 cm³/mol. The van der Waals surface area contributed by atoms with Crippen molar-refractivity contribution in [2.24, 2.45) is 5.41 Å². The molecular weight excluding hydrogens is 479 g/mol. The van der Waals surface area contributed by atoms with E-state index in [1.54, 1.807) is 29.3 Å². The van der Waals surface area contributed by atoms with Crippen LogP contribution in [-0.2, 0) is 19.0 Å². The number of carbonyl (C=O) groups is 1. The number of imidazole rings is 1. The molecule has 0 atom stereocenters. The summed E-state index contributed by atoms with van der Waals surface area (Å²) in [5.41, 5.74) is 1.72. The average molecular weight is 511 g/mol. The number of carbonyl (C=O) groups excluding carboxylic acids is 1. The topological polar surface area (TPSA) is 114 Å².